The van der Waals surface area contributed by atoms with Gasteiger partial charge in [-0.05, 0) is 25.0 Å². The van der Waals surface area contributed by atoms with E-state index in [9.17, 15) is 18.0 Å². The molecule has 0 aromatic heterocycles. The summed E-state index contributed by atoms with van der Waals surface area (Å²) in [4.78, 5) is 23.8. The standard InChI is InChI=1S/C22H26N2O7S/c23-22(26)21(16-7-3-1-4-8-16)31-20(25)9-5-2-6-12-24-32(27,28)17-10-11-18-19(15-17)30-14-13-29-18/h1,3-4,7-8,10-11,15,21,24H,2,5-6,9,12-14H2,(H2,23,26). The van der Waals surface area contributed by atoms with E-state index >= 15 is 0 Å². The van der Waals surface area contributed by atoms with Gasteiger partial charge in [0.15, 0.2) is 11.5 Å². The smallest absolute Gasteiger partial charge is 0.306 e. The van der Waals surface area contributed by atoms with E-state index in [1.165, 1.54) is 12.1 Å². The largest absolute Gasteiger partial charge is 0.486 e. The Hall–Kier alpha value is -3.11. The Morgan fingerprint density at radius 3 is 2.44 bits per heavy atom. The second-order valence-corrected chi connectivity index (χ2v) is 8.96. The molecule has 0 saturated carbocycles. The van der Waals surface area contributed by atoms with Crippen molar-refractivity contribution in [2.45, 2.75) is 36.7 Å². The van der Waals surface area contributed by atoms with Gasteiger partial charge in [0, 0.05) is 24.6 Å². The molecule has 2 aromatic rings. The van der Waals surface area contributed by atoms with Crippen molar-refractivity contribution >= 4 is 21.9 Å². The van der Waals surface area contributed by atoms with Crippen molar-refractivity contribution in [3.8, 4) is 11.5 Å². The van der Waals surface area contributed by atoms with Crippen LogP contribution in [0.1, 0.15) is 37.4 Å². The molecule has 2 aromatic carbocycles. The van der Waals surface area contributed by atoms with E-state index in [2.05, 4.69) is 4.72 Å². The van der Waals surface area contributed by atoms with Gasteiger partial charge in [0.2, 0.25) is 16.1 Å². The Morgan fingerprint density at radius 1 is 1.00 bits per heavy atom. The zero-order valence-corrected chi connectivity index (χ0v) is 18.3. The predicted molar refractivity (Wildman–Crippen MR) is 116 cm³/mol. The predicted octanol–water partition coefficient (Wildman–Crippen LogP) is 2.07. The van der Waals surface area contributed by atoms with Gasteiger partial charge in [-0.3, -0.25) is 9.59 Å². The number of hydrogen-bond acceptors (Lipinski definition) is 7. The fraction of sp³-hybridized carbons (Fsp3) is 0.364. The first kappa shape index (κ1) is 23.6. The number of carbonyl (C=O) groups excluding carboxylic acids is 2. The molecule has 172 valence electrons. The molecule has 1 aliphatic heterocycles. The van der Waals surface area contributed by atoms with Gasteiger partial charge in [-0.1, -0.05) is 36.8 Å². The SMILES string of the molecule is NC(=O)C(OC(=O)CCCCCNS(=O)(=O)c1ccc2c(c1)OCCO2)c1ccccc1. The highest BCUT2D eigenvalue weighted by atomic mass is 32.2. The molecule has 0 bridgehead atoms. The summed E-state index contributed by atoms with van der Waals surface area (Å²) in [6.07, 6.45) is 0.609. The Kier molecular flexibility index (Phi) is 8.07. The molecule has 9 nitrogen and oxygen atoms in total. The molecule has 0 fully saturated rings. The van der Waals surface area contributed by atoms with Crippen molar-refractivity contribution in [1.82, 2.24) is 4.72 Å². The summed E-state index contributed by atoms with van der Waals surface area (Å²) >= 11 is 0. The Morgan fingerprint density at radius 2 is 1.72 bits per heavy atom. The van der Waals surface area contributed by atoms with E-state index in [0.717, 1.165) is 0 Å². The van der Waals surface area contributed by atoms with Crippen LogP contribution in [0.3, 0.4) is 0 Å². The summed E-state index contributed by atoms with van der Waals surface area (Å²) < 4.78 is 43.5. The van der Waals surface area contributed by atoms with E-state index < -0.39 is 28.0 Å². The molecule has 1 atom stereocenters. The van der Waals surface area contributed by atoms with E-state index in [1.807, 2.05) is 0 Å². The summed E-state index contributed by atoms with van der Waals surface area (Å²) in [7, 11) is -3.68. The molecule has 1 unspecified atom stereocenters. The number of amides is 1. The maximum absolute atomic E-state index is 12.5. The summed E-state index contributed by atoms with van der Waals surface area (Å²) in [6.45, 7) is 1.03. The number of ether oxygens (including phenoxy) is 3. The van der Waals surface area contributed by atoms with Gasteiger partial charge in [0.05, 0.1) is 4.90 Å². The maximum Gasteiger partial charge on any atom is 0.306 e. The molecule has 1 aliphatic rings. The van der Waals surface area contributed by atoms with Gasteiger partial charge in [0.1, 0.15) is 13.2 Å². The second-order valence-electron chi connectivity index (χ2n) is 7.20. The molecule has 0 saturated heterocycles. The second kappa shape index (κ2) is 11.0. The summed E-state index contributed by atoms with van der Waals surface area (Å²) in [5.74, 6) is -0.345. The first-order valence-corrected chi connectivity index (χ1v) is 11.8. The lowest BCUT2D eigenvalue weighted by atomic mass is 10.1. The van der Waals surface area contributed by atoms with Crippen molar-refractivity contribution in [3.05, 3.63) is 54.1 Å². The van der Waals surface area contributed by atoms with Crippen LogP contribution in [0, 0.1) is 0 Å². The molecule has 0 spiro atoms. The minimum atomic E-state index is -3.68. The molecule has 0 aliphatic carbocycles. The lowest BCUT2D eigenvalue weighted by molar-refractivity contribution is -0.155. The van der Waals surface area contributed by atoms with Crippen LogP contribution in [0.2, 0.25) is 0 Å². The van der Waals surface area contributed by atoms with Crippen LogP contribution < -0.4 is 19.9 Å². The fourth-order valence-electron chi connectivity index (χ4n) is 3.16. The topological polar surface area (TPSA) is 134 Å². The van der Waals surface area contributed by atoms with Crippen molar-refractivity contribution in [2.75, 3.05) is 19.8 Å². The van der Waals surface area contributed by atoms with Gasteiger partial charge >= 0.3 is 5.97 Å². The van der Waals surface area contributed by atoms with Gasteiger partial charge < -0.3 is 19.9 Å². The number of esters is 1. The third-order valence-electron chi connectivity index (χ3n) is 4.78. The molecule has 1 heterocycles. The van der Waals surface area contributed by atoms with Crippen LogP contribution >= 0.6 is 0 Å². The van der Waals surface area contributed by atoms with Crippen LogP contribution in [0.15, 0.2) is 53.4 Å². The number of rotatable bonds is 11. The number of carbonyl (C=O) groups is 2. The molecule has 10 heteroatoms. The van der Waals surface area contributed by atoms with E-state index in [0.29, 0.717) is 49.5 Å². The van der Waals surface area contributed by atoms with Crippen molar-refractivity contribution in [2.24, 2.45) is 5.73 Å². The minimum absolute atomic E-state index is 0.101. The highest BCUT2D eigenvalue weighted by molar-refractivity contribution is 7.89. The number of sulfonamides is 1. The Bertz CT molecular complexity index is 1040. The fourth-order valence-corrected chi connectivity index (χ4v) is 4.25. The molecule has 3 rings (SSSR count). The van der Waals surface area contributed by atoms with Crippen LogP contribution in [0.5, 0.6) is 11.5 Å². The zero-order chi connectivity index (χ0) is 23.0. The summed E-state index contributed by atoms with van der Waals surface area (Å²) in [6, 6.07) is 13.0. The number of unbranched alkanes of at least 4 members (excludes halogenated alkanes) is 2. The van der Waals surface area contributed by atoms with Crippen LogP contribution in [-0.2, 0) is 24.3 Å². The lowest BCUT2D eigenvalue weighted by Gasteiger charge is -2.18. The quantitative estimate of drug-likeness (QED) is 0.386. The number of fused-ring (bicyclic) bond motifs is 1. The van der Waals surface area contributed by atoms with Crippen molar-refractivity contribution in [1.29, 1.82) is 0 Å². The molecule has 0 radical (unpaired) electrons. The highest BCUT2D eigenvalue weighted by Crippen LogP contribution is 2.32. The van der Waals surface area contributed by atoms with Crippen molar-refractivity contribution in [3.63, 3.8) is 0 Å². The molecular formula is C22H26N2O7S. The van der Waals surface area contributed by atoms with Gasteiger partial charge in [0.25, 0.3) is 5.91 Å². The van der Waals surface area contributed by atoms with E-state index in [4.69, 9.17) is 19.9 Å². The first-order chi connectivity index (χ1) is 15.4. The number of benzene rings is 2. The average molecular weight is 463 g/mol. The third kappa shape index (κ3) is 6.44. The zero-order valence-electron chi connectivity index (χ0n) is 17.5. The van der Waals surface area contributed by atoms with Gasteiger partial charge in [-0.25, -0.2) is 13.1 Å². The van der Waals surface area contributed by atoms with Crippen molar-refractivity contribution < 1.29 is 32.2 Å². The number of hydrogen-bond donors (Lipinski definition) is 2. The number of nitrogens with one attached hydrogen (secondary N) is 1. The van der Waals surface area contributed by atoms with Crippen LogP contribution in [0.25, 0.3) is 0 Å². The summed E-state index contributed by atoms with van der Waals surface area (Å²) in [5.41, 5.74) is 5.86. The van der Waals surface area contributed by atoms with E-state index in [-0.39, 0.29) is 17.9 Å². The molecule has 3 N–H and O–H groups in total. The number of primary amides is 1. The number of nitrogens with two attached hydrogens (primary N) is 1. The molecule has 1 amide bonds. The average Bonchev–Trinajstić information content (AvgIpc) is 2.79. The van der Waals surface area contributed by atoms with Gasteiger partial charge in [-0.15, -0.1) is 0 Å². The Balaban J connectivity index is 1.39. The monoisotopic (exact) mass is 462 g/mol. The normalized spacial score (nSPS) is 13.9. The minimum Gasteiger partial charge on any atom is -0.486 e. The first-order valence-electron chi connectivity index (χ1n) is 10.3. The van der Waals surface area contributed by atoms with E-state index in [1.54, 1.807) is 36.4 Å². The lowest BCUT2D eigenvalue weighted by Crippen LogP contribution is -2.26. The van der Waals surface area contributed by atoms with Crippen LogP contribution in [0.4, 0.5) is 0 Å². The Labute approximate surface area is 186 Å². The molecular weight excluding hydrogens is 436 g/mol. The van der Waals surface area contributed by atoms with Gasteiger partial charge in [-0.2, -0.15) is 0 Å². The maximum atomic E-state index is 12.5. The third-order valence-corrected chi connectivity index (χ3v) is 6.24. The highest BCUT2D eigenvalue weighted by Gasteiger charge is 2.22. The summed E-state index contributed by atoms with van der Waals surface area (Å²) in [5, 5.41) is 0. The van der Waals surface area contributed by atoms with Crippen LogP contribution in [-0.4, -0.2) is 40.1 Å². The molecule has 32 heavy (non-hydrogen) atoms.